The number of nitriles is 1. The van der Waals surface area contributed by atoms with E-state index in [2.05, 4.69) is 30.9 Å². The van der Waals surface area contributed by atoms with Gasteiger partial charge in [-0.25, -0.2) is 18.4 Å². The molecule has 230 valence electrons. The lowest BCUT2D eigenvalue weighted by Crippen LogP contribution is -2.14. The fraction of sp³-hybridized carbons (Fsp3) is 0.0645. The van der Waals surface area contributed by atoms with Crippen LogP contribution >= 0.6 is 11.6 Å². The first-order valence-corrected chi connectivity index (χ1v) is 13.6. The van der Waals surface area contributed by atoms with E-state index in [1.165, 1.54) is 67.0 Å². The van der Waals surface area contributed by atoms with E-state index in [0.717, 1.165) is 23.0 Å². The quantitative estimate of drug-likeness (QED) is 0.133. The molecule has 15 heteroatoms. The molecule has 3 aromatic heterocycles. The molecule has 0 unspecified atom stereocenters. The standard InChI is InChI=1S/C31H17ClF6N8/c32-18-9-21-27(42-20-11-23(34)30(35)41-14-20)17(12-39)13-40-29(21)24(10-18)43-28(16-5-7-19(33)8-6-16)25-15-46(45-44-25)26-4-2-1-3-22(26)31(36,37)38/h1-11,13-15,28,43H,(H,40,42)/t28-/m0/s1. The second kappa shape index (κ2) is 12.0. The van der Waals surface area contributed by atoms with Crippen molar-refractivity contribution in [1.82, 2.24) is 25.0 Å². The Morgan fingerprint density at radius 2 is 1.70 bits per heavy atom. The van der Waals surface area contributed by atoms with Crippen LogP contribution in [0.15, 0.2) is 85.3 Å². The van der Waals surface area contributed by atoms with Gasteiger partial charge in [0.25, 0.3) is 0 Å². The van der Waals surface area contributed by atoms with Gasteiger partial charge in [0.1, 0.15) is 17.6 Å². The van der Waals surface area contributed by atoms with Gasteiger partial charge in [-0.2, -0.15) is 22.8 Å². The van der Waals surface area contributed by atoms with Crippen molar-refractivity contribution in [2.75, 3.05) is 10.6 Å². The maximum atomic E-state index is 13.9. The number of nitrogens with one attached hydrogen (secondary N) is 2. The number of rotatable bonds is 7. The Labute approximate surface area is 260 Å². The lowest BCUT2D eigenvalue weighted by atomic mass is 10.0. The van der Waals surface area contributed by atoms with Crippen LogP contribution in [0.25, 0.3) is 16.6 Å². The van der Waals surface area contributed by atoms with E-state index in [9.17, 15) is 31.6 Å². The minimum atomic E-state index is -4.66. The summed E-state index contributed by atoms with van der Waals surface area (Å²) >= 11 is 6.49. The Kier molecular flexibility index (Phi) is 7.93. The van der Waals surface area contributed by atoms with E-state index in [4.69, 9.17) is 11.6 Å². The third-order valence-corrected chi connectivity index (χ3v) is 7.11. The van der Waals surface area contributed by atoms with Gasteiger partial charge >= 0.3 is 6.18 Å². The summed E-state index contributed by atoms with van der Waals surface area (Å²) in [5.74, 6) is -3.03. The molecule has 46 heavy (non-hydrogen) atoms. The molecule has 3 aromatic carbocycles. The highest BCUT2D eigenvalue weighted by Gasteiger charge is 2.34. The summed E-state index contributed by atoms with van der Waals surface area (Å²) in [7, 11) is 0. The largest absolute Gasteiger partial charge is 0.418 e. The van der Waals surface area contributed by atoms with Gasteiger partial charge in [-0.1, -0.05) is 41.1 Å². The number of halogens is 7. The third kappa shape index (κ3) is 6.00. The summed E-state index contributed by atoms with van der Waals surface area (Å²) in [5.41, 5.74) is 0.256. The number of hydrogen-bond donors (Lipinski definition) is 2. The highest BCUT2D eigenvalue weighted by atomic mass is 35.5. The Hall–Kier alpha value is -5.68. The summed E-state index contributed by atoms with van der Waals surface area (Å²) in [4.78, 5) is 7.77. The van der Waals surface area contributed by atoms with E-state index in [0.29, 0.717) is 10.9 Å². The number of anilines is 3. The highest BCUT2D eigenvalue weighted by molar-refractivity contribution is 6.32. The molecule has 0 saturated heterocycles. The van der Waals surface area contributed by atoms with E-state index in [-0.39, 0.29) is 44.5 Å². The normalized spacial score (nSPS) is 12.1. The van der Waals surface area contributed by atoms with Crippen molar-refractivity contribution in [2.24, 2.45) is 0 Å². The average molecular weight is 651 g/mol. The molecule has 0 saturated carbocycles. The number of fused-ring (bicyclic) bond motifs is 1. The second-order valence-corrected chi connectivity index (χ2v) is 10.3. The van der Waals surface area contributed by atoms with Crippen molar-refractivity contribution in [3.8, 4) is 11.8 Å². The third-order valence-electron chi connectivity index (χ3n) is 6.89. The zero-order chi connectivity index (χ0) is 32.6. The molecular weight excluding hydrogens is 634 g/mol. The van der Waals surface area contributed by atoms with Crippen LogP contribution in [-0.4, -0.2) is 25.0 Å². The Balaban J connectivity index is 1.47. The van der Waals surface area contributed by atoms with Crippen molar-refractivity contribution >= 4 is 39.6 Å². The summed E-state index contributed by atoms with van der Waals surface area (Å²) < 4.78 is 83.5. The van der Waals surface area contributed by atoms with Gasteiger partial charge in [0, 0.05) is 22.7 Å². The van der Waals surface area contributed by atoms with Crippen molar-refractivity contribution in [3.05, 3.63) is 130 Å². The number of benzene rings is 3. The van der Waals surface area contributed by atoms with Gasteiger partial charge in [-0.05, 0) is 42.0 Å². The van der Waals surface area contributed by atoms with Crippen LogP contribution in [0, 0.1) is 28.9 Å². The zero-order valence-corrected chi connectivity index (χ0v) is 23.7. The van der Waals surface area contributed by atoms with Gasteiger partial charge < -0.3 is 10.6 Å². The Bertz CT molecular complexity index is 2130. The SMILES string of the molecule is N#Cc1cnc2c(N[C@@H](c3ccc(F)cc3)c3cn(-c4ccccc4C(F)(F)F)nn3)cc(Cl)cc2c1Nc1cnc(F)c(F)c1. The average Bonchev–Trinajstić information content (AvgIpc) is 3.52. The monoisotopic (exact) mass is 650 g/mol. The van der Waals surface area contributed by atoms with Crippen LogP contribution in [0.2, 0.25) is 5.02 Å². The molecule has 0 aliphatic heterocycles. The molecule has 6 rings (SSSR count). The molecule has 0 radical (unpaired) electrons. The van der Waals surface area contributed by atoms with Gasteiger partial charge in [0.05, 0.1) is 57.8 Å². The van der Waals surface area contributed by atoms with E-state index < -0.39 is 35.4 Å². The summed E-state index contributed by atoms with van der Waals surface area (Å²) in [6, 6.07) is 15.2. The van der Waals surface area contributed by atoms with Gasteiger partial charge in [-0.15, -0.1) is 5.10 Å². The lowest BCUT2D eigenvalue weighted by Gasteiger charge is -2.21. The predicted octanol–water partition coefficient (Wildman–Crippen LogP) is 8.12. The predicted molar refractivity (Wildman–Crippen MR) is 157 cm³/mol. The summed E-state index contributed by atoms with van der Waals surface area (Å²) in [6.45, 7) is 0. The second-order valence-electron chi connectivity index (χ2n) is 9.86. The first-order chi connectivity index (χ1) is 22.0. The molecule has 2 N–H and O–H groups in total. The van der Waals surface area contributed by atoms with Crippen LogP contribution in [0.5, 0.6) is 0 Å². The molecule has 3 heterocycles. The molecule has 0 aliphatic carbocycles. The maximum absolute atomic E-state index is 13.9. The number of para-hydroxylation sites is 1. The topological polar surface area (TPSA) is 104 Å². The van der Waals surface area contributed by atoms with Crippen LogP contribution in [0.4, 0.5) is 43.4 Å². The van der Waals surface area contributed by atoms with E-state index in [1.807, 2.05) is 6.07 Å². The van der Waals surface area contributed by atoms with Crippen molar-refractivity contribution in [3.63, 3.8) is 0 Å². The molecule has 1 atom stereocenters. The number of pyridine rings is 2. The molecule has 0 spiro atoms. The van der Waals surface area contributed by atoms with Crippen molar-refractivity contribution < 1.29 is 26.3 Å². The van der Waals surface area contributed by atoms with Gasteiger partial charge in [0.15, 0.2) is 5.82 Å². The molecule has 0 fully saturated rings. The van der Waals surface area contributed by atoms with E-state index >= 15 is 0 Å². The van der Waals surface area contributed by atoms with Crippen LogP contribution < -0.4 is 10.6 Å². The number of nitrogens with zero attached hydrogens (tertiary/aromatic N) is 6. The number of aromatic nitrogens is 5. The molecular formula is C31H17ClF6N8. The highest BCUT2D eigenvalue weighted by Crippen LogP contribution is 2.38. The first-order valence-electron chi connectivity index (χ1n) is 13.2. The first kappa shape index (κ1) is 30.4. The van der Waals surface area contributed by atoms with Crippen molar-refractivity contribution in [2.45, 2.75) is 12.2 Å². The molecule has 0 amide bonds. The fourth-order valence-corrected chi connectivity index (χ4v) is 5.03. The van der Waals surface area contributed by atoms with Crippen LogP contribution in [0.1, 0.15) is 28.4 Å². The van der Waals surface area contributed by atoms with E-state index in [1.54, 1.807) is 0 Å². The van der Waals surface area contributed by atoms with Crippen LogP contribution in [-0.2, 0) is 6.18 Å². The van der Waals surface area contributed by atoms with Crippen LogP contribution in [0.3, 0.4) is 0 Å². The van der Waals surface area contributed by atoms with Crippen molar-refractivity contribution in [1.29, 1.82) is 5.26 Å². The zero-order valence-electron chi connectivity index (χ0n) is 23.0. The molecule has 8 nitrogen and oxygen atoms in total. The van der Waals surface area contributed by atoms with Gasteiger partial charge in [-0.3, -0.25) is 4.98 Å². The molecule has 0 bridgehead atoms. The van der Waals surface area contributed by atoms with Gasteiger partial charge in [0.2, 0.25) is 5.95 Å². The number of alkyl halides is 3. The molecule has 0 aliphatic rings. The lowest BCUT2D eigenvalue weighted by molar-refractivity contribution is -0.137. The minimum absolute atomic E-state index is 0.0392. The molecule has 6 aromatic rings. The smallest absolute Gasteiger partial charge is 0.371 e. The Morgan fingerprint density at radius 3 is 2.41 bits per heavy atom. The number of hydrogen-bond acceptors (Lipinski definition) is 7. The summed E-state index contributed by atoms with van der Waals surface area (Å²) in [5, 5.41) is 24.4. The minimum Gasteiger partial charge on any atom is -0.371 e. The Morgan fingerprint density at radius 1 is 0.935 bits per heavy atom. The maximum Gasteiger partial charge on any atom is 0.418 e. The fourth-order valence-electron chi connectivity index (χ4n) is 4.81. The summed E-state index contributed by atoms with van der Waals surface area (Å²) in [6.07, 6.45) is -1.05.